The van der Waals surface area contributed by atoms with Crippen molar-refractivity contribution in [2.75, 3.05) is 25.0 Å². The summed E-state index contributed by atoms with van der Waals surface area (Å²) >= 11 is 6.02. The summed E-state index contributed by atoms with van der Waals surface area (Å²) in [6.45, 7) is 0.202. The molecule has 136 valence electrons. The second-order valence-corrected chi connectivity index (χ2v) is 8.00. The van der Waals surface area contributed by atoms with Crippen LogP contribution in [-0.4, -0.2) is 44.2 Å². The summed E-state index contributed by atoms with van der Waals surface area (Å²) in [5.41, 5.74) is 0.604. The third-order valence-electron chi connectivity index (χ3n) is 3.86. The Hall–Kier alpha value is -2.42. The molecule has 7 nitrogen and oxygen atoms in total. The number of amides is 2. The van der Waals surface area contributed by atoms with Crippen LogP contribution in [0.3, 0.4) is 0 Å². The molecule has 1 aliphatic rings. The number of halogens is 1. The van der Waals surface area contributed by atoms with Crippen LogP contribution in [0.2, 0.25) is 5.02 Å². The Balaban J connectivity index is 1.84. The van der Waals surface area contributed by atoms with Crippen LogP contribution in [0.1, 0.15) is 10.4 Å². The summed E-state index contributed by atoms with van der Waals surface area (Å²) < 4.78 is 26.5. The number of hydrogen-bond acceptors (Lipinski definition) is 4. The Bertz CT molecular complexity index is 962. The topological polar surface area (TPSA) is 95.6 Å². The molecule has 1 aliphatic heterocycles. The average Bonchev–Trinajstić information content (AvgIpc) is 2.63. The lowest BCUT2D eigenvalue weighted by Crippen LogP contribution is -2.49. The molecule has 0 bridgehead atoms. The Morgan fingerprint density at radius 1 is 1.15 bits per heavy atom. The first-order valence-corrected chi connectivity index (χ1v) is 9.62. The van der Waals surface area contributed by atoms with Crippen LogP contribution >= 0.6 is 11.6 Å². The van der Waals surface area contributed by atoms with E-state index in [-0.39, 0.29) is 36.0 Å². The molecule has 2 N–H and O–H groups in total. The summed E-state index contributed by atoms with van der Waals surface area (Å²) in [5, 5.41) is 5.60. The first-order valence-electron chi connectivity index (χ1n) is 7.81. The summed E-state index contributed by atoms with van der Waals surface area (Å²) in [7, 11) is -3.87. The summed E-state index contributed by atoms with van der Waals surface area (Å²) in [6, 6.07) is 12.4. The molecule has 9 heteroatoms. The molecule has 2 amide bonds. The molecule has 26 heavy (non-hydrogen) atoms. The lowest BCUT2D eigenvalue weighted by Gasteiger charge is -2.26. The molecule has 1 fully saturated rings. The third kappa shape index (κ3) is 3.87. The van der Waals surface area contributed by atoms with Gasteiger partial charge >= 0.3 is 0 Å². The van der Waals surface area contributed by atoms with Gasteiger partial charge in [-0.1, -0.05) is 29.8 Å². The molecule has 2 aromatic carbocycles. The van der Waals surface area contributed by atoms with E-state index in [2.05, 4.69) is 10.6 Å². The van der Waals surface area contributed by atoms with Crippen molar-refractivity contribution in [3.63, 3.8) is 0 Å². The van der Waals surface area contributed by atoms with Gasteiger partial charge in [0.1, 0.15) is 0 Å². The van der Waals surface area contributed by atoms with Crippen molar-refractivity contribution >= 4 is 39.1 Å². The summed E-state index contributed by atoms with van der Waals surface area (Å²) in [4.78, 5) is 23.9. The first-order chi connectivity index (χ1) is 12.4. The lowest BCUT2D eigenvalue weighted by molar-refractivity contribution is -0.122. The van der Waals surface area contributed by atoms with E-state index in [4.69, 9.17) is 11.6 Å². The second kappa shape index (κ2) is 7.45. The fraction of sp³-hybridized carbons (Fsp3) is 0.176. The van der Waals surface area contributed by atoms with Gasteiger partial charge in [-0.25, -0.2) is 8.42 Å². The largest absolute Gasteiger partial charge is 0.354 e. The van der Waals surface area contributed by atoms with Crippen LogP contribution in [0, 0.1) is 0 Å². The molecule has 0 atom stereocenters. The number of carbonyl (C=O) groups excluding carboxylic acids is 2. The number of carbonyl (C=O) groups is 2. The van der Waals surface area contributed by atoms with E-state index in [1.807, 2.05) is 0 Å². The van der Waals surface area contributed by atoms with Crippen LogP contribution in [0.5, 0.6) is 0 Å². The highest BCUT2D eigenvalue weighted by atomic mass is 35.5. The number of nitrogens with one attached hydrogen (secondary N) is 2. The molecular formula is C17H16ClN3O4S. The van der Waals surface area contributed by atoms with Gasteiger partial charge in [0.05, 0.1) is 22.2 Å². The number of piperazine rings is 1. The third-order valence-corrected chi connectivity index (χ3v) is 6.03. The molecule has 1 saturated heterocycles. The maximum Gasteiger partial charge on any atom is 0.255 e. The normalized spacial score (nSPS) is 15.3. The van der Waals surface area contributed by atoms with Crippen molar-refractivity contribution in [3.05, 3.63) is 59.1 Å². The minimum Gasteiger partial charge on any atom is -0.354 e. The van der Waals surface area contributed by atoms with Crippen LogP contribution in [-0.2, 0) is 14.8 Å². The highest BCUT2D eigenvalue weighted by Gasteiger charge is 2.29. The predicted molar refractivity (Wildman–Crippen MR) is 97.6 cm³/mol. The van der Waals surface area contributed by atoms with Crippen molar-refractivity contribution in [2.45, 2.75) is 4.90 Å². The highest BCUT2D eigenvalue weighted by molar-refractivity contribution is 7.89. The molecule has 3 rings (SSSR count). The Morgan fingerprint density at radius 2 is 1.92 bits per heavy atom. The van der Waals surface area contributed by atoms with E-state index >= 15 is 0 Å². The minimum atomic E-state index is -3.87. The Labute approximate surface area is 156 Å². The van der Waals surface area contributed by atoms with E-state index in [1.54, 1.807) is 24.3 Å². The molecule has 0 aromatic heterocycles. The SMILES string of the molecule is O=C1CN(S(=O)(=O)c2cccc(C(=O)Nc3ccccc3Cl)c2)CCN1. The molecule has 0 spiro atoms. The maximum absolute atomic E-state index is 12.7. The quantitative estimate of drug-likeness (QED) is 0.826. The van der Waals surface area contributed by atoms with Crippen molar-refractivity contribution in [3.8, 4) is 0 Å². The van der Waals surface area contributed by atoms with Gasteiger partial charge in [-0.3, -0.25) is 9.59 Å². The zero-order valence-electron chi connectivity index (χ0n) is 13.6. The summed E-state index contributed by atoms with van der Waals surface area (Å²) in [5.74, 6) is -0.834. The Kier molecular flexibility index (Phi) is 5.26. The molecule has 0 aliphatic carbocycles. The molecular weight excluding hydrogens is 378 g/mol. The highest BCUT2D eigenvalue weighted by Crippen LogP contribution is 2.22. The van der Waals surface area contributed by atoms with E-state index in [9.17, 15) is 18.0 Å². The molecule has 0 saturated carbocycles. The van der Waals surface area contributed by atoms with Gasteiger partial charge in [-0.15, -0.1) is 0 Å². The van der Waals surface area contributed by atoms with Gasteiger partial charge in [-0.2, -0.15) is 4.31 Å². The predicted octanol–water partition coefficient (Wildman–Crippen LogP) is 1.71. The van der Waals surface area contributed by atoms with Gasteiger partial charge in [-0.05, 0) is 30.3 Å². The van der Waals surface area contributed by atoms with Gasteiger partial charge in [0.2, 0.25) is 15.9 Å². The van der Waals surface area contributed by atoms with Crippen molar-refractivity contribution in [1.29, 1.82) is 0 Å². The van der Waals surface area contributed by atoms with Gasteiger partial charge < -0.3 is 10.6 Å². The number of para-hydroxylation sites is 1. The van der Waals surface area contributed by atoms with Crippen molar-refractivity contribution < 1.29 is 18.0 Å². The Morgan fingerprint density at radius 3 is 2.65 bits per heavy atom. The number of anilines is 1. The zero-order chi connectivity index (χ0) is 18.7. The molecule has 0 unspecified atom stereocenters. The number of sulfonamides is 1. The van der Waals surface area contributed by atoms with Crippen LogP contribution in [0.15, 0.2) is 53.4 Å². The van der Waals surface area contributed by atoms with Crippen LogP contribution in [0.25, 0.3) is 0 Å². The van der Waals surface area contributed by atoms with E-state index < -0.39 is 15.9 Å². The average molecular weight is 394 g/mol. The van der Waals surface area contributed by atoms with E-state index in [0.29, 0.717) is 10.7 Å². The van der Waals surface area contributed by atoms with Gasteiger partial charge in [0.25, 0.3) is 5.91 Å². The van der Waals surface area contributed by atoms with Crippen molar-refractivity contribution in [1.82, 2.24) is 9.62 Å². The molecule has 2 aromatic rings. The van der Waals surface area contributed by atoms with E-state index in [0.717, 1.165) is 4.31 Å². The summed E-state index contributed by atoms with van der Waals surface area (Å²) in [6.07, 6.45) is 0. The molecule has 0 radical (unpaired) electrons. The molecule has 1 heterocycles. The van der Waals surface area contributed by atoms with Gasteiger partial charge in [0.15, 0.2) is 0 Å². The monoisotopic (exact) mass is 393 g/mol. The standard InChI is InChI=1S/C17H16ClN3O4S/c18-14-6-1-2-7-15(14)20-17(23)12-4-3-5-13(10-12)26(24,25)21-9-8-19-16(22)11-21/h1-7,10H,8-9,11H2,(H,19,22)(H,20,23). The number of hydrogen-bond donors (Lipinski definition) is 2. The smallest absolute Gasteiger partial charge is 0.255 e. The van der Waals surface area contributed by atoms with Crippen molar-refractivity contribution in [2.24, 2.45) is 0 Å². The second-order valence-electron chi connectivity index (χ2n) is 5.65. The number of benzene rings is 2. The lowest BCUT2D eigenvalue weighted by atomic mass is 10.2. The van der Waals surface area contributed by atoms with E-state index in [1.165, 1.54) is 24.3 Å². The maximum atomic E-state index is 12.7. The van der Waals surface area contributed by atoms with Crippen LogP contribution in [0.4, 0.5) is 5.69 Å². The minimum absolute atomic E-state index is 0.0426. The fourth-order valence-electron chi connectivity index (χ4n) is 2.52. The first kappa shape index (κ1) is 18.4. The van der Waals surface area contributed by atoms with Crippen LogP contribution < -0.4 is 10.6 Å². The fourth-order valence-corrected chi connectivity index (χ4v) is 4.15. The zero-order valence-corrected chi connectivity index (χ0v) is 15.2. The number of rotatable bonds is 4. The van der Waals surface area contributed by atoms with Gasteiger partial charge in [0, 0.05) is 18.7 Å². The number of nitrogens with zero attached hydrogens (tertiary/aromatic N) is 1.